The normalized spacial score (nSPS) is 15.5. The molecule has 0 aromatic heterocycles. The summed E-state index contributed by atoms with van der Waals surface area (Å²) >= 11 is 5.89. The van der Waals surface area contributed by atoms with Gasteiger partial charge in [0.25, 0.3) is 0 Å². The highest BCUT2D eigenvalue weighted by molar-refractivity contribution is 6.30. The average molecular weight is 343 g/mol. The van der Waals surface area contributed by atoms with Gasteiger partial charge in [0.05, 0.1) is 6.42 Å². The Labute approximate surface area is 148 Å². The van der Waals surface area contributed by atoms with Gasteiger partial charge in [-0.25, -0.2) is 0 Å². The lowest BCUT2D eigenvalue weighted by Crippen LogP contribution is -2.48. The maximum atomic E-state index is 12.4. The van der Waals surface area contributed by atoms with E-state index in [4.69, 9.17) is 11.6 Å². The number of amides is 1. The van der Waals surface area contributed by atoms with Crippen molar-refractivity contribution >= 4 is 17.5 Å². The van der Waals surface area contributed by atoms with Gasteiger partial charge in [-0.15, -0.1) is 0 Å². The second kappa shape index (κ2) is 7.82. The van der Waals surface area contributed by atoms with Crippen LogP contribution in [0, 0.1) is 6.92 Å². The predicted molar refractivity (Wildman–Crippen MR) is 98.2 cm³/mol. The van der Waals surface area contributed by atoms with E-state index in [1.807, 2.05) is 29.2 Å². The van der Waals surface area contributed by atoms with Crippen LogP contribution < -0.4 is 0 Å². The van der Waals surface area contributed by atoms with Gasteiger partial charge in [0.15, 0.2) is 0 Å². The molecule has 0 aliphatic carbocycles. The highest BCUT2D eigenvalue weighted by Gasteiger charge is 2.21. The number of carbonyl (C=O) groups excluding carboxylic acids is 1. The first-order valence-electron chi connectivity index (χ1n) is 8.41. The number of benzene rings is 2. The van der Waals surface area contributed by atoms with Crippen molar-refractivity contribution < 1.29 is 4.79 Å². The van der Waals surface area contributed by atoms with Crippen LogP contribution in [0.4, 0.5) is 0 Å². The number of nitrogens with zero attached hydrogens (tertiary/aromatic N) is 2. The number of aryl methyl sites for hydroxylation is 1. The van der Waals surface area contributed by atoms with E-state index in [2.05, 4.69) is 36.1 Å². The molecular weight excluding hydrogens is 320 g/mol. The summed E-state index contributed by atoms with van der Waals surface area (Å²) < 4.78 is 0. The Bertz CT molecular complexity index is 691. The monoisotopic (exact) mass is 342 g/mol. The maximum absolute atomic E-state index is 12.4. The van der Waals surface area contributed by atoms with Crippen molar-refractivity contribution in [3.63, 3.8) is 0 Å². The molecule has 2 aromatic rings. The van der Waals surface area contributed by atoms with Gasteiger partial charge in [-0.2, -0.15) is 0 Å². The molecule has 0 bridgehead atoms. The third-order valence-corrected chi connectivity index (χ3v) is 4.90. The number of hydrogen-bond donors (Lipinski definition) is 0. The van der Waals surface area contributed by atoms with Crippen molar-refractivity contribution in [3.05, 3.63) is 70.2 Å². The Hall–Kier alpha value is -1.84. The summed E-state index contributed by atoms with van der Waals surface area (Å²) in [5.41, 5.74) is 3.73. The minimum Gasteiger partial charge on any atom is -0.340 e. The van der Waals surface area contributed by atoms with Gasteiger partial charge in [-0.1, -0.05) is 48.0 Å². The van der Waals surface area contributed by atoms with Crippen LogP contribution in [-0.2, 0) is 17.8 Å². The topological polar surface area (TPSA) is 23.6 Å². The van der Waals surface area contributed by atoms with E-state index < -0.39 is 0 Å². The molecule has 0 spiro atoms. The molecule has 0 N–H and O–H groups in total. The van der Waals surface area contributed by atoms with Crippen LogP contribution in [0.15, 0.2) is 48.5 Å². The van der Waals surface area contributed by atoms with E-state index in [1.165, 1.54) is 11.1 Å². The second-order valence-corrected chi connectivity index (χ2v) is 6.82. The van der Waals surface area contributed by atoms with Crippen LogP contribution in [0.5, 0.6) is 0 Å². The van der Waals surface area contributed by atoms with Crippen LogP contribution in [0.1, 0.15) is 16.7 Å². The first-order chi connectivity index (χ1) is 11.6. The summed E-state index contributed by atoms with van der Waals surface area (Å²) in [6.07, 6.45) is 0.453. The van der Waals surface area contributed by atoms with Gasteiger partial charge < -0.3 is 4.90 Å². The Kier molecular flexibility index (Phi) is 5.54. The summed E-state index contributed by atoms with van der Waals surface area (Å²) in [6, 6.07) is 16.0. The summed E-state index contributed by atoms with van der Waals surface area (Å²) in [4.78, 5) is 16.8. The van der Waals surface area contributed by atoms with E-state index >= 15 is 0 Å². The Morgan fingerprint density at radius 2 is 1.67 bits per heavy atom. The molecular formula is C20H23ClN2O. The first-order valence-corrected chi connectivity index (χ1v) is 8.79. The Morgan fingerprint density at radius 1 is 1.00 bits per heavy atom. The third-order valence-electron chi connectivity index (χ3n) is 4.65. The molecule has 1 aliphatic heterocycles. The van der Waals surface area contributed by atoms with E-state index in [9.17, 15) is 4.79 Å². The zero-order valence-electron chi connectivity index (χ0n) is 14.0. The van der Waals surface area contributed by atoms with Crippen LogP contribution in [-0.4, -0.2) is 41.9 Å². The standard InChI is InChI=1S/C20H23ClN2O/c1-16-4-2-3-5-18(16)15-22-10-12-23(13-11-22)20(24)14-17-6-8-19(21)9-7-17/h2-9H,10-15H2,1H3. The average Bonchev–Trinajstić information content (AvgIpc) is 2.59. The number of rotatable bonds is 4. The number of piperazine rings is 1. The molecule has 3 nitrogen and oxygen atoms in total. The Balaban J connectivity index is 1.50. The highest BCUT2D eigenvalue weighted by atomic mass is 35.5. The molecule has 24 heavy (non-hydrogen) atoms. The molecule has 4 heteroatoms. The number of carbonyl (C=O) groups is 1. The van der Waals surface area contributed by atoms with Crippen LogP contribution in [0.2, 0.25) is 5.02 Å². The lowest BCUT2D eigenvalue weighted by molar-refractivity contribution is -0.132. The zero-order chi connectivity index (χ0) is 16.9. The summed E-state index contributed by atoms with van der Waals surface area (Å²) in [7, 11) is 0. The van der Waals surface area contributed by atoms with E-state index in [1.54, 1.807) is 0 Å². The molecule has 3 rings (SSSR count). The molecule has 0 unspecified atom stereocenters. The van der Waals surface area contributed by atoms with Crippen molar-refractivity contribution in [3.8, 4) is 0 Å². The fourth-order valence-corrected chi connectivity index (χ4v) is 3.20. The quantitative estimate of drug-likeness (QED) is 0.848. The SMILES string of the molecule is Cc1ccccc1CN1CCN(C(=O)Cc2ccc(Cl)cc2)CC1. The minimum absolute atomic E-state index is 0.202. The molecule has 1 aliphatic rings. The largest absolute Gasteiger partial charge is 0.340 e. The number of hydrogen-bond acceptors (Lipinski definition) is 2. The summed E-state index contributed by atoms with van der Waals surface area (Å²) in [5.74, 6) is 0.202. The molecule has 0 atom stereocenters. The van der Waals surface area contributed by atoms with Gasteiger partial charge in [-0.05, 0) is 35.7 Å². The maximum Gasteiger partial charge on any atom is 0.227 e. The van der Waals surface area contributed by atoms with Gasteiger partial charge in [0, 0.05) is 37.7 Å². The van der Waals surface area contributed by atoms with Crippen LogP contribution in [0.3, 0.4) is 0 Å². The fraction of sp³-hybridized carbons (Fsp3) is 0.350. The summed E-state index contributed by atoms with van der Waals surface area (Å²) in [6.45, 7) is 6.59. The fourth-order valence-electron chi connectivity index (χ4n) is 3.07. The molecule has 1 fully saturated rings. The van der Waals surface area contributed by atoms with E-state index in [-0.39, 0.29) is 5.91 Å². The van der Waals surface area contributed by atoms with Gasteiger partial charge in [0.1, 0.15) is 0 Å². The van der Waals surface area contributed by atoms with Crippen molar-refractivity contribution in [2.45, 2.75) is 19.9 Å². The van der Waals surface area contributed by atoms with Crippen molar-refractivity contribution in [2.24, 2.45) is 0 Å². The lowest BCUT2D eigenvalue weighted by Gasteiger charge is -2.35. The van der Waals surface area contributed by atoms with Gasteiger partial charge in [0.2, 0.25) is 5.91 Å². The lowest BCUT2D eigenvalue weighted by atomic mass is 10.1. The molecule has 1 heterocycles. The highest BCUT2D eigenvalue weighted by Crippen LogP contribution is 2.14. The molecule has 1 amide bonds. The molecule has 126 valence electrons. The molecule has 0 radical (unpaired) electrons. The predicted octanol–water partition coefficient (Wildman–Crippen LogP) is 3.54. The minimum atomic E-state index is 0.202. The first kappa shape index (κ1) is 17.0. The van der Waals surface area contributed by atoms with E-state index in [0.717, 1.165) is 38.3 Å². The van der Waals surface area contributed by atoms with Crippen LogP contribution >= 0.6 is 11.6 Å². The van der Waals surface area contributed by atoms with Crippen molar-refractivity contribution in [1.82, 2.24) is 9.80 Å². The van der Waals surface area contributed by atoms with Gasteiger partial charge in [-0.3, -0.25) is 9.69 Å². The van der Waals surface area contributed by atoms with Crippen molar-refractivity contribution in [2.75, 3.05) is 26.2 Å². The Morgan fingerprint density at radius 3 is 2.33 bits per heavy atom. The number of halogens is 1. The smallest absolute Gasteiger partial charge is 0.227 e. The molecule has 1 saturated heterocycles. The zero-order valence-corrected chi connectivity index (χ0v) is 14.8. The van der Waals surface area contributed by atoms with Crippen LogP contribution in [0.25, 0.3) is 0 Å². The van der Waals surface area contributed by atoms with Crippen molar-refractivity contribution in [1.29, 1.82) is 0 Å². The summed E-state index contributed by atoms with van der Waals surface area (Å²) in [5, 5.41) is 0.705. The second-order valence-electron chi connectivity index (χ2n) is 6.39. The third kappa shape index (κ3) is 4.37. The van der Waals surface area contributed by atoms with Gasteiger partial charge >= 0.3 is 0 Å². The molecule has 0 saturated carbocycles. The van der Waals surface area contributed by atoms with E-state index in [0.29, 0.717) is 11.4 Å². The molecule has 2 aromatic carbocycles.